The molecule has 0 amide bonds. The largest absolute Gasteiger partial charge is 0.368 e. The van der Waals surface area contributed by atoms with Crippen LogP contribution in [-0.4, -0.2) is 7.05 Å². The first-order chi connectivity index (χ1) is 9.47. The number of halogens is 2. The monoisotopic (exact) mass is 276 g/mol. The molecule has 4 heteroatoms. The average molecular weight is 276 g/mol. The molecule has 0 spiro atoms. The Morgan fingerprint density at radius 1 is 1.15 bits per heavy atom. The summed E-state index contributed by atoms with van der Waals surface area (Å²) in [5, 5.41) is 0. The third kappa shape index (κ3) is 3.33. The molecule has 0 fully saturated rings. The van der Waals surface area contributed by atoms with Gasteiger partial charge in [-0.2, -0.15) is 0 Å². The number of benzene rings is 2. The van der Waals surface area contributed by atoms with Gasteiger partial charge in [0.15, 0.2) is 0 Å². The van der Waals surface area contributed by atoms with E-state index in [1.807, 2.05) is 19.1 Å². The van der Waals surface area contributed by atoms with Crippen LogP contribution in [0.4, 0.5) is 14.5 Å². The summed E-state index contributed by atoms with van der Waals surface area (Å²) in [6.45, 7) is 2.25. The lowest BCUT2D eigenvalue weighted by atomic mass is 10.1. The third-order valence-electron chi connectivity index (χ3n) is 3.22. The molecule has 2 nitrogen and oxygen atoms in total. The first kappa shape index (κ1) is 14.5. The standard InChI is InChI=1S/C16H18F2N2/c1-11(19)13-6-7-16(15(18)9-13)20(2)10-12-4-3-5-14(17)8-12/h3-9,11H,10,19H2,1-2H3/t11-/m1/s1. The predicted octanol–water partition coefficient (Wildman–Crippen LogP) is 3.62. The van der Waals surface area contributed by atoms with Crippen LogP contribution < -0.4 is 10.6 Å². The van der Waals surface area contributed by atoms with Crippen LogP contribution in [-0.2, 0) is 6.54 Å². The van der Waals surface area contributed by atoms with Crippen molar-refractivity contribution in [2.75, 3.05) is 11.9 Å². The van der Waals surface area contributed by atoms with Gasteiger partial charge >= 0.3 is 0 Å². The summed E-state index contributed by atoms with van der Waals surface area (Å²) >= 11 is 0. The van der Waals surface area contributed by atoms with E-state index in [9.17, 15) is 8.78 Å². The fraction of sp³-hybridized carbons (Fsp3) is 0.250. The van der Waals surface area contributed by atoms with Crippen molar-refractivity contribution in [2.24, 2.45) is 5.73 Å². The second-order valence-corrected chi connectivity index (χ2v) is 4.99. The van der Waals surface area contributed by atoms with Crippen molar-refractivity contribution in [3.05, 3.63) is 65.2 Å². The molecule has 0 aliphatic rings. The maximum Gasteiger partial charge on any atom is 0.146 e. The van der Waals surface area contributed by atoms with Crippen molar-refractivity contribution in [2.45, 2.75) is 19.5 Å². The second kappa shape index (κ2) is 6.01. The van der Waals surface area contributed by atoms with E-state index in [1.165, 1.54) is 18.2 Å². The highest BCUT2D eigenvalue weighted by Crippen LogP contribution is 2.23. The lowest BCUT2D eigenvalue weighted by Gasteiger charge is -2.21. The van der Waals surface area contributed by atoms with E-state index in [0.717, 1.165) is 11.1 Å². The number of hydrogen-bond donors (Lipinski definition) is 1. The van der Waals surface area contributed by atoms with Gasteiger partial charge in [0, 0.05) is 19.6 Å². The van der Waals surface area contributed by atoms with Crippen LogP contribution in [0, 0.1) is 11.6 Å². The van der Waals surface area contributed by atoms with E-state index < -0.39 is 0 Å². The Hall–Kier alpha value is -1.94. The molecule has 106 valence electrons. The van der Waals surface area contributed by atoms with E-state index in [-0.39, 0.29) is 17.7 Å². The van der Waals surface area contributed by atoms with Gasteiger partial charge in [0.05, 0.1) is 5.69 Å². The topological polar surface area (TPSA) is 29.3 Å². The van der Waals surface area contributed by atoms with Gasteiger partial charge in [0.1, 0.15) is 11.6 Å². The van der Waals surface area contributed by atoms with Gasteiger partial charge in [0.25, 0.3) is 0 Å². The fourth-order valence-electron chi connectivity index (χ4n) is 2.11. The van der Waals surface area contributed by atoms with Gasteiger partial charge in [-0.25, -0.2) is 8.78 Å². The maximum absolute atomic E-state index is 14.1. The summed E-state index contributed by atoms with van der Waals surface area (Å²) in [7, 11) is 1.77. The van der Waals surface area contributed by atoms with Crippen molar-refractivity contribution >= 4 is 5.69 Å². The van der Waals surface area contributed by atoms with Gasteiger partial charge in [-0.1, -0.05) is 18.2 Å². The van der Waals surface area contributed by atoms with E-state index in [0.29, 0.717) is 12.2 Å². The minimum atomic E-state index is -0.321. The summed E-state index contributed by atoms with van der Waals surface area (Å²) in [6, 6.07) is 11.1. The first-order valence-corrected chi connectivity index (χ1v) is 6.48. The predicted molar refractivity (Wildman–Crippen MR) is 77.5 cm³/mol. The van der Waals surface area contributed by atoms with Crippen molar-refractivity contribution in [3.8, 4) is 0 Å². The zero-order valence-corrected chi connectivity index (χ0v) is 11.6. The van der Waals surface area contributed by atoms with E-state index in [4.69, 9.17) is 5.73 Å². The van der Waals surface area contributed by atoms with E-state index >= 15 is 0 Å². The van der Waals surface area contributed by atoms with Crippen LogP contribution in [0.2, 0.25) is 0 Å². The van der Waals surface area contributed by atoms with Gasteiger partial charge in [-0.15, -0.1) is 0 Å². The molecule has 0 aliphatic carbocycles. The van der Waals surface area contributed by atoms with Gasteiger partial charge in [0.2, 0.25) is 0 Å². The Kier molecular flexibility index (Phi) is 4.35. The summed E-state index contributed by atoms with van der Waals surface area (Å²) in [6.07, 6.45) is 0. The molecule has 0 heterocycles. The minimum Gasteiger partial charge on any atom is -0.368 e. The van der Waals surface area contributed by atoms with Crippen LogP contribution in [0.1, 0.15) is 24.1 Å². The molecule has 0 radical (unpaired) electrons. The number of anilines is 1. The highest BCUT2D eigenvalue weighted by atomic mass is 19.1. The molecule has 2 N–H and O–H groups in total. The van der Waals surface area contributed by atoms with Crippen LogP contribution in [0.3, 0.4) is 0 Å². The number of nitrogens with two attached hydrogens (primary N) is 1. The third-order valence-corrected chi connectivity index (χ3v) is 3.22. The Balaban J connectivity index is 2.19. The van der Waals surface area contributed by atoms with E-state index in [1.54, 1.807) is 24.1 Å². The van der Waals surface area contributed by atoms with Crippen molar-refractivity contribution in [1.29, 1.82) is 0 Å². The van der Waals surface area contributed by atoms with Crippen LogP contribution >= 0.6 is 0 Å². The molecule has 0 unspecified atom stereocenters. The quantitative estimate of drug-likeness (QED) is 0.924. The lowest BCUT2D eigenvalue weighted by Crippen LogP contribution is -2.18. The minimum absolute atomic E-state index is 0.202. The SMILES string of the molecule is C[C@@H](N)c1ccc(N(C)Cc2cccc(F)c2)c(F)c1. The number of nitrogens with zero attached hydrogens (tertiary/aromatic N) is 1. The summed E-state index contributed by atoms with van der Waals surface area (Å²) in [4.78, 5) is 1.75. The Morgan fingerprint density at radius 3 is 2.50 bits per heavy atom. The van der Waals surface area contributed by atoms with Crippen LogP contribution in [0.15, 0.2) is 42.5 Å². The van der Waals surface area contributed by atoms with Gasteiger partial charge in [-0.05, 0) is 42.3 Å². The summed E-state index contributed by atoms with van der Waals surface area (Å²) < 4.78 is 27.2. The molecule has 0 aliphatic heterocycles. The van der Waals surface area contributed by atoms with Crippen molar-refractivity contribution in [3.63, 3.8) is 0 Å². The zero-order valence-electron chi connectivity index (χ0n) is 11.6. The highest BCUT2D eigenvalue weighted by molar-refractivity contribution is 5.49. The van der Waals surface area contributed by atoms with Crippen molar-refractivity contribution in [1.82, 2.24) is 0 Å². The normalized spacial score (nSPS) is 12.2. The molecule has 1 atom stereocenters. The molecule has 2 rings (SSSR count). The van der Waals surface area contributed by atoms with Crippen LogP contribution in [0.25, 0.3) is 0 Å². The van der Waals surface area contributed by atoms with Gasteiger partial charge < -0.3 is 10.6 Å². The Bertz CT molecular complexity index is 597. The molecule has 2 aromatic rings. The molecule has 20 heavy (non-hydrogen) atoms. The van der Waals surface area contributed by atoms with E-state index in [2.05, 4.69) is 0 Å². The summed E-state index contributed by atoms with van der Waals surface area (Å²) in [5.41, 5.74) is 7.75. The molecular formula is C16H18F2N2. The second-order valence-electron chi connectivity index (χ2n) is 4.99. The lowest BCUT2D eigenvalue weighted by molar-refractivity contribution is 0.615. The Labute approximate surface area is 117 Å². The van der Waals surface area contributed by atoms with Crippen molar-refractivity contribution < 1.29 is 8.78 Å². The first-order valence-electron chi connectivity index (χ1n) is 6.48. The summed E-state index contributed by atoms with van der Waals surface area (Å²) in [5.74, 6) is -0.609. The number of hydrogen-bond acceptors (Lipinski definition) is 2. The molecular weight excluding hydrogens is 258 g/mol. The molecule has 2 aromatic carbocycles. The number of rotatable bonds is 4. The smallest absolute Gasteiger partial charge is 0.146 e. The zero-order chi connectivity index (χ0) is 14.7. The molecule has 0 aromatic heterocycles. The fourth-order valence-corrected chi connectivity index (χ4v) is 2.11. The van der Waals surface area contributed by atoms with Gasteiger partial charge in [-0.3, -0.25) is 0 Å². The Morgan fingerprint density at radius 2 is 1.90 bits per heavy atom. The maximum atomic E-state index is 14.1. The highest BCUT2D eigenvalue weighted by Gasteiger charge is 2.10. The molecule has 0 saturated carbocycles. The average Bonchev–Trinajstić information content (AvgIpc) is 2.38. The molecule has 0 bridgehead atoms. The molecule has 0 saturated heterocycles. The van der Waals surface area contributed by atoms with Crippen LogP contribution in [0.5, 0.6) is 0 Å².